The van der Waals surface area contributed by atoms with E-state index in [-0.39, 0.29) is 30.4 Å². The van der Waals surface area contributed by atoms with Crippen LogP contribution in [0.5, 0.6) is 0 Å². The summed E-state index contributed by atoms with van der Waals surface area (Å²) in [6.07, 6.45) is 1.39. The molecule has 0 unspecified atom stereocenters. The van der Waals surface area contributed by atoms with Gasteiger partial charge >= 0.3 is 6.09 Å². The van der Waals surface area contributed by atoms with E-state index >= 15 is 4.39 Å². The van der Waals surface area contributed by atoms with Crippen LogP contribution in [-0.4, -0.2) is 42.6 Å². The number of benzene rings is 1. The van der Waals surface area contributed by atoms with Gasteiger partial charge in [-0.15, -0.1) is 0 Å². The summed E-state index contributed by atoms with van der Waals surface area (Å²) >= 11 is 0. The van der Waals surface area contributed by atoms with Crippen LogP contribution in [0.2, 0.25) is 0 Å². The molecule has 4 rings (SSSR count). The molecule has 0 aliphatic carbocycles. The normalized spacial score (nSPS) is 20.1. The first kappa shape index (κ1) is 20.2. The molecule has 3 heterocycles. The molecule has 1 aromatic carbocycles. The van der Waals surface area contributed by atoms with Crippen LogP contribution in [0, 0.1) is 5.82 Å². The van der Waals surface area contributed by atoms with E-state index in [1.165, 1.54) is 12.3 Å². The summed E-state index contributed by atoms with van der Waals surface area (Å²) in [6.45, 7) is 6.33. The lowest BCUT2D eigenvalue weighted by atomic mass is 9.87. The molecule has 0 spiro atoms. The second-order valence-corrected chi connectivity index (χ2v) is 8.71. The molecule has 8 nitrogen and oxygen atoms in total. The molecule has 2 aromatic rings. The maximum atomic E-state index is 15.1. The van der Waals surface area contributed by atoms with Gasteiger partial charge in [0, 0.05) is 36.5 Å². The fourth-order valence-electron chi connectivity index (χ4n) is 3.91. The average molecular weight is 417 g/mol. The highest BCUT2D eigenvalue weighted by molar-refractivity contribution is 6.04. The van der Waals surface area contributed by atoms with Crippen molar-refractivity contribution in [1.82, 2.24) is 10.6 Å². The third-order valence-electron chi connectivity index (χ3n) is 5.24. The minimum Gasteiger partial charge on any atom is -0.462 e. The van der Waals surface area contributed by atoms with Crippen LogP contribution in [0.1, 0.15) is 45.1 Å². The fraction of sp³-hybridized carbons (Fsp3) is 0.476. The van der Waals surface area contributed by atoms with Crippen LogP contribution < -0.4 is 15.5 Å². The molecular formula is C21H24FN3O5. The number of anilines is 1. The lowest BCUT2D eigenvalue weighted by molar-refractivity contribution is -0.134. The predicted octanol–water partition coefficient (Wildman–Crippen LogP) is 2.81. The number of imide groups is 1. The molecule has 1 atom stereocenters. The molecule has 2 fully saturated rings. The van der Waals surface area contributed by atoms with Gasteiger partial charge in [0.1, 0.15) is 11.4 Å². The van der Waals surface area contributed by atoms with Gasteiger partial charge < -0.3 is 19.4 Å². The number of alkyl carbamates (subject to hydrolysis) is 1. The quantitative estimate of drug-likeness (QED) is 0.745. The third kappa shape index (κ3) is 3.83. The minimum atomic E-state index is -0.741. The Morgan fingerprint density at radius 2 is 2.07 bits per heavy atom. The van der Waals surface area contributed by atoms with Gasteiger partial charge in [-0.3, -0.25) is 14.9 Å². The Bertz CT molecular complexity index is 1020. The minimum absolute atomic E-state index is 0.122. The Kier molecular flexibility index (Phi) is 4.91. The molecule has 2 N–H and O–H groups in total. The number of rotatable bonds is 3. The summed E-state index contributed by atoms with van der Waals surface area (Å²) in [4.78, 5) is 37.5. The summed E-state index contributed by atoms with van der Waals surface area (Å²) in [7, 11) is 0. The van der Waals surface area contributed by atoms with E-state index in [0.29, 0.717) is 29.7 Å². The zero-order valence-electron chi connectivity index (χ0n) is 17.1. The van der Waals surface area contributed by atoms with Gasteiger partial charge in [0.2, 0.25) is 11.8 Å². The standard InChI is InChI=1S/C21H24FN3O5/c1-21(2,3)30-20(28)23-11-9-25(10-11)15-8-14(22)17(12-6-7-29-18(12)15)13-4-5-16(26)24-19(13)27/h6-8,11,13H,4-5,9-10H2,1-3H3,(H,23,28)(H,24,26,27)/t13-/m0/s1. The Balaban J connectivity index is 1.52. The molecule has 160 valence electrons. The van der Waals surface area contributed by atoms with E-state index < -0.39 is 29.3 Å². The van der Waals surface area contributed by atoms with Crippen LogP contribution >= 0.6 is 0 Å². The molecular weight excluding hydrogens is 393 g/mol. The highest BCUT2D eigenvalue weighted by atomic mass is 19.1. The Labute approximate surface area is 172 Å². The maximum Gasteiger partial charge on any atom is 0.407 e. The van der Waals surface area contributed by atoms with Crippen LogP contribution in [-0.2, 0) is 14.3 Å². The highest BCUT2D eigenvalue weighted by Crippen LogP contribution is 2.39. The number of halogens is 1. The van der Waals surface area contributed by atoms with Gasteiger partial charge in [0.25, 0.3) is 0 Å². The smallest absolute Gasteiger partial charge is 0.407 e. The molecule has 1 aromatic heterocycles. The van der Waals surface area contributed by atoms with Crippen molar-refractivity contribution in [3.63, 3.8) is 0 Å². The summed E-state index contributed by atoms with van der Waals surface area (Å²) in [5.74, 6) is -2.10. The lowest BCUT2D eigenvalue weighted by Crippen LogP contribution is -2.60. The molecule has 2 aliphatic rings. The molecule has 2 saturated heterocycles. The predicted molar refractivity (Wildman–Crippen MR) is 107 cm³/mol. The first-order chi connectivity index (χ1) is 14.1. The van der Waals surface area contributed by atoms with Crippen molar-refractivity contribution >= 4 is 34.6 Å². The SMILES string of the molecule is CC(C)(C)OC(=O)NC1CN(c2cc(F)c([C@@H]3CCC(=O)NC3=O)c3ccoc23)C1. The average Bonchev–Trinajstić information content (AvgIpc) is 3.06. The number of ether oxygens (including phenoxy) is 1. The summed E-state index contributed by atoms with van der Waals surface area (Å²) in [6, 6.07) is 2.87. The first-order valence-corrected chi connectivity index (χ1v) is 9.90. The van der Waals surface area contributed by atoms with Gasteiger partial charge in [0.15, 0.2) is 5.58 Å². The van der Waals surface area contributed by atoms with Crippen LogP contribution in [0.4, 0.5) is 14.9 Å². The highest BCUT2D eigenvalue weighted by Gasteiger charge is 2.36. The number of fused-ring (bicyclic) bond motifs is 1. The molecule has 0 saturated carbocycles. The van der Waals surface area contributed by atoms with Crippen molar-refractivity contribution in [2.75, 3.05) is 18.0 Å². The molecule has 0 bridgehead atoms. The first-order valence-electron chi connectivity index (χ1n) is 9.90. The number of nitrogens with one attached hydrogen (secondary N) is 2. The topological polar surface area (TPSA) is 101 Å². The number of carbonyl (C=O) groups excluding carboxylic acids is 3. The largest absolute Gasteiger partial charge is 0.462 e. The van der Waals surface area contributed by atoms with E-state index in [1.54, 1.807) is 26.8 Å². The van der Waals surface area contributed by atoms with E-state index in [9.17, 15) is 14.4 Å². The molecule has 9 heteroatoms. The second-order valence-electron chi connectivity index (χ2n) is 8.71. The number of hydrogen-bond donors (Lipinski definition) is 2. The van der Waals surface area contributed by atoms with Crippen LogP contribution in [0.3, 0.4) is 0 Å². The molecule has 3 amide bonds. The van der Waals surface area contributed by atoms with Gasteiger partial charge in [-0.25, -0.2) is 9.18 Å². The van der Waals surface area contributed by atoms with Gasteiger partial charge in [-0.1, -0.05) is 0 Å². The van der Waals surface area contributed by atoms with Crippen LogP contribution in [0.25, 0.3) is 11.0 Å². The van der Waals surface area contributed by atoms with Crippen molar-refractivity contribution < 1.29 is 27.9 Å². The summed E-state index contributed by atoms with van der Waals surface area (Å²) in [5.41, 5.74) is 0.706. The van der Waals surface area contributed by atoms with Crippen molar-refractivity contribution in [3.8, 4) is 0 Å². The Morgan fingerprint density at radius 3 is 2.73 bits per heavy atom. The Morgan fingerprint density at radius 1 is 1.33 bits per heavy atom. The zero-order valence-corrected chi connectivity index (χ0v) is 17.1. The van der Waals surface area contributed by atoms with E-state index in [1.807, 2.05) is 4.90 Å². The number of amides is 3. The zero-order chi connectivity index (χ0) is 21.6. The maximum absolute atomic E-state index is 15.1. The van der Waals surface area contributed by atoms with Gasteiger partial charge in [-0.05, 0) is 33.3 Å². The van der Waals surface area contributed by atoms with E-state index in [0.717, 1.165) is 0 Å². The number of furan rings is 1. The second kappa shape index (κ2) is 7.30. The molecule has 30 heavy (non-hydrogen) atoms. The van der Waals surface area contributed by atoms with E-state index in [4.69, 9.17) is 9.15 Å². The summed E-state index contributed by atoms with van der Waals surface area (Å²) < 4.78 is 26.0. The van der Waals surface area contributed by atoms with Crippen LogP contribution in [0.15, 0.2) is 22.8 Å². The number of nitrogens with zero attached hydrogens (tertiary/aromatic N) is 1. The number of hydrogen-bond acceptors (Lipinski definition) is 6. The molecule has 0 radical (unpaired) electrons. The monoisotopic (exact) mass is 417 g/mol. The van der Waals surface area contributed by atoms with Gasteiger partial charge in [-0.2, -0.15) is 0 Å². The summed E-state index contributed by atoms with van der Waals surface area (Å²) in [5, 5.41) is 5.58. The van der Waals surface area contributed by atoms with Crippen molar-refractivity contribution in [1.29, 1.82) is 0 Å². The lowest BCUT2D eigenvalue weighted by Gasteiger charge is -2.41. The molecule has 2 aliphatic heterocycles. The van der Waals surface area contributed by atoms with Crippen molar-refractivity contribution in [3.05, 3.63) is 29.8 Å². The third-order valence-corrected chi connectivity index (χ3v) is 5.24. The number of piperidine rings is 1. The van der Waals surface area contributed by atoms with E-state index in [2.05, 4.69) is 10.6 Å². The fourth-order valence-corrected chi connectivity index (χ4v) is 3.91. The van der Waals surface area contributed by atoms with Crippen molar-refractivity contribution in [2.45, 2.75) is 51.2 Å². The Hall–Kier alpha value is -3.10. The van der Waals surface area contributed by atoms with Gasteiger partial charge in [0.05, 0.1) is 23.9 Å². The van der Waals surface area contributed by atoms with Crippen molar-refractivity contribution in [2.24, 2.45) is 0 Å². The number of carbonyl (C=O) groups is 3.